The van der Waals surface area contributed by atoms with E-state index in [9.17, 15) is 9.59 Å². The Labute approximate surface area is 178 Å². The number of carbonyl (C=O) groups is 2. The average molecular weight is 412 g/mol. The first-order valence-electron chi connectivity index (χ1n) is 10.0. The van der Waals surface area contributed by atoms with Crippen molar-refractivity contribution in [2.24, 2.45) is 0 Å². The fourth-order valence-corrected chi connectivity index (χ4v) is 3.88. The smallest absolute Gasteiger partial charge is 0.275 e. The zero-order chi connectivity index (χ0) is 21.2. The summed E-state index contributed by atoms with van der Waals surface area (Å²) in [4.78, 5) is 29.3. The molecule has 0 spiro atoms. The summed E-state index contributed by atoms with van der Waals surface area (Å²) in [5.74, 6) is -0.819. The van der Waals surface area contributed by atoms with Crippen LogP contribution in [0.15, 0.2) is 79.1 Å². The number of aromatic nitrogens is 4. The number of imide groups is 1. The fraction of sp³-hybridized carbons (Fsp3) is 0.130. The minimum Gasteiger partial charge on any atom is -0.350 e. The molecule has 5 rings (SSSR count). The highest BCUT2D eigenvalue weighted by atomic mass is 16.2. The molecule has 4 aromatic rings. The van der Waals surface area contributed by atoms with Crippen molar-refractivity contribution in [3.8, 4) is 0 Å². The van der Waals surface area contributed by atoms with Gasteiger partial charge in [0.05, 0.1) is 5.57 Å². The van der Waals surface area contributed by atoms with Crippen molar-refractivity contribution in [2.45, 2.75) is 19.5 Å². The number of benzene rings is 2. The Hall–Kier alpha value is -4.20. The predicted molar refractivity (Wildman–Crippen MR) is 117 cm³/mol. The summed E-state index contributed by atoms with van der Waals surface area (Å²) in [6, 6.07) is 17.3. The Bertz CT molecular complexity index is 1290. The SMILES string of the molecule is O=C1NC(=O)C(c2cn(CCCn3cncn3)c3ccccc23)=C1Nc1ccccc1. The molecule has 0 saturated heterocycles. The molecule has 2 N–H and O–H groups in total. The van der Waals surface area contributed by atoms with Gasteiger partial charge in [-0.15, -0.1) is 0 Å². The van der Waals surface area contributed by atoms with Gasteiger partial charge in [-0.2, -0.15) is 5.10 Å². The van der Waals surface area contributed by atoms with E-state index in [-0.39, 0.29) is 5.70 Å². The molecule has 154 valence electrons. The second-order valence-electron chi connectivity index (χ2n) is 7.29. The largest absolute Gasteiger partial charge is 0.350 e. The summed E-state index contributed by atoms with van der Waals surface area (Å²) in [5.41, 5.74) is 3.12. The monoisotopic (exact) mass is 412 g/mol. The number of nitrogens with zero attached hydrogens (tertiary/aromatic N) is 4. The maximum atomic E-state index is 12.8. The van der Waals surface area contributed by atoms with Crippen molar-refractivity contribution in [1.82, 2.24) is 24.6 Å². The van der Waals surface area contributed by atoms with Gasteiger partial charge >= 0.3 is 0 Å². The molecule has 2 amide bonds. The Balaban J connectivity index is 1.53. The number of fused-ring (bicyclic) bond motifs is 1. The molecule has 0 atom stereocenters. The van der Waals surface area contributed by atoms with E-state index in [0.717, 1.165) is 41.7 Å². The Morgan fingerprint density at radius 1 is 0.935 bits per heavy atom. The molecule has 1 aliphatic rings. The maximum Gasteiger partial charge on any atom is 0.275 e. The van der Waals surface area contributed by atoms with Crippen molar-refractivity contribution in [3.63, 3.8) is 0 Å². The van der Waals surface area contributed by atoms with Gasteiger partial charge in [-0.1, -0.05) is 36.4 Å². The van der Waals surface area contributed by atoms with Gasteiger partial charge in [-0.05, 0) is 24.6 Å². The third kappa shape index (κ3) is 3.59. The molecule has 3 heterocycles. The van der Waals surface area contributed by atoms with Crippen LogP contribution in [-0.2, 0) is 22.7 Å². The van der Waals surface area contributed by atoms with Gasteiger partial charge in [0.2, 0.25) is 0 Å². The molecule has 0 fully saturated rings. The van der Waals surface area contributed by atoms with E-state index in [2.05, 4.69) is 25.3 Å². The minimum absolute atomic E-state index is 0.265. The number of hydrogen-bond acceptors (Lipinski definition) is 5. The number of rotatable bonds is 7. The van der Waals surface area contributed by atoms with E-state index in [1.165, 1.54) is 6.33 Å². The number of para-hydroxylation sites is 2. The summed E-state index contributed by atoms with van der Waals surface area (Å²) in [7, 11) is 0. The standard InChI is InChI=1S/C23H20N6O2/c30-22-20(21(23(31)27-22)26-16-7-2-1-3-8-16)18-13-28(19-10-5-4-9-17(18)19)11-6-12-29-15-24-14-25-29/h1-5,7-10,13-15H,6,11-12H2,(H2,26,27,30,31). The van der Waals surface area contributed by atoms with Crippen molar-refractivity contribution >= 4 is 34.0 Å². The van der Waals surface area contributed by atoms with E-state index in [1.54, 1.807) is 11.0 Å². The molecule has 2 aromatic heterocycles. The molecule has 2 aromatic carbocycles. The Morgan fingerprint density at radius 2 is 1.74 bits per heavy atom. The highest BCUT2D eigenvalue weighted by molar-refractivity contribution is 6.38. The fourth-order valence-electron chi connectivity index (χ4n) is 3.88. The Morgan fingerprint density at radius 3 is 2.55 bits per heavy atom. The lowest BCUT2D eigenvalue weighted by atomic mass is 10.0. The molecule has 0 unspecified atom stereocenters. The van der Waals surface area contributed by atoms with Crippen LogP contribution in [0.5, 0.6) is 0 Å². The van der Waals surface area contributed by atoms with Crippen LogP contribution in [0.2, 0.25) is 0 Å². The summed E-state index contributed by atoms with van der Waals surface area (Å²) < 4.78 is 3.91. The maximum absolute atomic E-state index is 12.8. The van der Waals surface area contributed by atoms with E-state index >= 15 is 0 Å². The third-order valence-electron chi connectivity index (χ3n) is 5.29. The summed E-state index contributed by atoms with van der Waals surface area (Å²) >= 11 is 0. The summed E-state index contributed by atoms with van der Waals surface area (Å²) in [6.45, 7) is 1.48. The van der Waals surface area contributed by atoms with Gasteiger partial charge < -0.3 is 9.88 Å². The lowest BCUT2D eigenvalue weighted by molar-refractivity contribution is -0.123. The number of nitrogens with one attached hydrogen (secondary N) is 2. The normalized spacial score (nSPS) is 13.8. The number of aryl methyl sites for hydroxylation is 2. The highest BCUT2D eigenvalue weighted by Crippen LogP contribution is 2.32. The molecule has 8 nitrogen and oxygen atoms in total. The van der Waals surface area contributed by atoms with Crippen LogP contribution in [0.3, 0.4) is 0 Å². The number of amides is 2. The second kappa shape index (κ2) is 7.91. The van der Waals surface area contributed by atoms with Gasteiger partial charge in [0.1, 0.15) is 18.4 Å². The minimum atomic E-state index is -0.424. The van der Waals surface area contributed by atoms with Crippen molar-refractivity contribution in [1.29, 1.82) is 0 Å². The molecule has 31 heavy (non-hydrogen) atoms. The molecule has 8 heteroatoms. The van der Waals surface area contributed by atoms with Gasteiger partial charge in [0.15, 0.2) is 0 Å². The lowest BCUT2D eigenvalue weighted by Crippen LogP contribution is -2.24. The van der Waals surface area contributed by atoms with Crippen molar-refractivity contribution in [2.75, 3.05) is 5.32 Å². The topological polar surface area (TPSA) is 93.8 Å². The van der Waals surface area contributed by atoms with E-state index < -0.39 is 11.8 Å². The second-order valence-corrected chi connectivity index (χ2v) is 7.29. The Kier molecular flexibility index (Phi) is 4.80. The van der Waals surface area contributed by atoms with Gasteiger partial charge in [-0.25, -0.2) is 4.98 Å². The van der Waals surface area contributed by atoms with Crippen LogP contribution in [-0.4, -0.2) is 31.1 Å². The summed E-state index contributed by atoms with van der Waals surface area (Å²) in [5, 5.41) is 10.6. The van der Waals surface area contributed by atoms with Crippen LogP contribution < -0.4 is 10.6 Å². The number of anilines is 1. The molecular weight excluding hydrogens is 392 g/mol. The number of carbonyl (C=O) groups excluding carboxylic acids is 2. The van der Waals surface area contributed by atoms with E-state index in [1.807, 2.05) is 60.8 Å². The first-order valence-corrected chi connectivity index (χ1v) is 10.0. The quantitative estimate of drug-likeness (QED) is 0.455. The van der Waals surface area contributed by atoms with Crippen LogP contribution >= 0.6 is 0 Å². The molecule has 0 aliphatic carbocycles. The molecular formula is C23H20N6O2. The van der Waals surface area contributed by atoms with E-state index in [4.69, 9.17) is 0 Å². The first-order chi connectivity index (χ1) is 15.2. The molecule has 0 bridgehead atoms. The number of hydrogen-bond donors (Lipinski definition) is 2. The zero-order valence-electron chi connectivity index (χ0n) is 16.7. The zero-order valence-corrected chi connectivity index (χ0v) is 16.7. The molecule has 1 aliphatic heterocycles. The van der Waals surface area contributed by atoms with Crippen LogP contribution in [0.1, 0.15) is 12.0 Å². The van der Waals surface area contributed by atoms with Crippen molar-refractivity contribution in [3.05, 3.63) is 84.7 Å². The van der Waals surface area contributed by atoms with E-state index in [0.29, 0.717) is 5.57 Å². The third-order valence-corrected chi connectivity index (χ3v) is 5.29. The predicted octanol–water partition coefficient (Wildman–Crippen LogP) is 2.80. The summed E-state index contributed by atoms with van der Waals surface area (Å²) in [6.07, 6.45) is 6.01. The van der Waals surface area contributed by atoms with Gasteiger partial charge in [0, 0.05) is 41.4 Å². The lowest BCUT2D eigenvalue weighted by Gasteiger charge is -2.07. The molecule has 0 radical (unpaired) electrons. The van der Waals surface area contributed by atoms with Crippen LogP contribution in [0.4, 0.5) is 5.69 Å². The average Bonchev–Trinajstić information content (AvgIpc) is 3.49. The first kappa shape index (κ1) is 18.8. The van der Waals surface area contributed by atoms with Crippen molar-refractivity contribution < 1.29 is 9.59 Å². The molecule has 0 saturated carbocycles. The highest BCUT2D eigenvalue weighted by Gasteiger charge is 2.33. The van der Waals surface area contributed by atoms with Gasteiger partial charge in [-0.3, -0.25) is 19.6 Å². The van der Waals surface area contributed by atoms with Crippen LogP contribution in [0, 0.1) is 0 Å². The van der Waals surface area contributed by atoms with Gasteiger partial charge in [0.25, 0.3) is 11.8 Å². The van der Waals surface area contributed by atoms with Crippen LogP contribution in [0.25, 0.3) is 16.5 Å².